The molecule has 130 valence electrons. The van der Waals surface area contributed by atoms with E-state index in [1.54, 1.807) is 6.07 Å². The van der Waals surface area contributed by atoms with Crippen LogP contribution in [-0.2, 0) is 0 Å². The fourth-order valence-corrected chi connectivity index (χ4v) is 3.44. The Balaban J connectivity index is 1.78. The van der Waals surface area contributed by atoms with E-state index in [9.17, 15) is 4.39 Å². The minimum atomic E-state index is -0.370. The van der Waals surface area contributed by atoms with E-state index >= 15 is 0 Å². The lowest BCUT2D eigenvalue weighted by atomic mass is 9.94. The van der Waals surface area contributed by atoms with Gasteiger partial charge in [0.25, 0.3) is 0 Å². The highest BCUT2D eigenvalue weighted by Crippen LogP contribution is 2.35. The number of nitrogens with two attached hydrogens (primary N) is 1. The van der Waals surface area contributed by atoms with Crippen LogP contribution in [0.4, 0.5) is 15.8 Å². The Bertz CT molecular complexity index is 1010. The van der Waals surface area contributed by atoms with Crippen molar-refractivity contribution in [3.8, 4) is 11.3 Å². The van der Waals surface area contributed by atoms with Crippen LogP contribution in [0, 0.1) is 12.7 Å². The molecule has 1 aliphatic rings. The van der Waals surface area contributed by atoms with Gasteiger partial charge in [-0.05, 0) is 47.9 Å². The molecule has 3 aromatic rings. The molecule has 3 nitrogen and oxygen atoms in total. The SMILES string of the molecule is Cc1cc(F)c(N)cc1C1=Cc2cnc(-c3ccccc3)cc2N(C)C1. The number of aromatic nitrogens is 1. The largest absolute Gasteiger partial charge is 0.396 e. The van der Waals surface area contributed by atoms with E-state index in [4.69, 9.17) is 5.73 Å². The number of fused-ring (bicyclic) bond motifs is 1. The smallest absolute Gasteiger partial charge is 0.146 e. The van der Waals surface area contributed by atoms with Crippen molar-refractivity contribution >= 4 is 23.0 Å². The second-order valence-electron chi connectivity index (χ2n) is 6.71. The van der Waals surface area contributed by atoms with Crippen molar-refractivity contribution in [1.29, 1.82) is 0 Å². The summed E-state index contributed by atoms with van der Waals surface area (Å²) >= 11 is 0. The molecule has 0 saturated heterocycles. The maximum Gasteiger partial charge on any atom is 0.146 e. The number of benzene rings is 2. The fourth-order valence-electron chi connectivity index (χ4n) is 3.44. The Kier molecular flexibility index (Phi) is 3.96. The summed E-state index contributed by atoms with van der Waals surface area (Å²) in [5, 5.41) is 0. The van der Waals surface area contributed by atoms with E-state index in [1.807, 2.05) is 31.3 Å². The van der Waals surface area contributed by atoms with Crippen LogP contribution in [0.3, 0.4) is 0 Å². The van der Waals surface area contributed by atoms with E-state index in [-0.39, 0.29) is 11.5 Å². The topological polar surface area (TPSA) is 42.1 Å². The van der Waals surface area contributed by atoms with Gasteiger partial charge in [-0.3, -0.25) is 4.98 Å². The molecule has 4 rings (SSSR count). The van der Waals surface area contributed by atoms with E-state index in [2.05, 4.69) is 41.2 Å². The van der Waals surface area contributed by atoms with Crippen LogP contribution in [0.2, 0.25) is 0 Å². The molecule has 2 N–H and O–H groups in total. The predicted molar refractivity (Wildman–Crippen MR) is 106 cm³/mol. The zero-order valence-electron chi connectivity index (χ0n) is 14.8. The van der Waals surface area contributed by atoms with Crippen molar-refractivity contribution in [1.82, 2.24) is 4.98 Å². The molecule has 0 unspecified atom stereocenters. The van der Waals surface area contributed by atoms with Crippen molar-refractivity contribution in [2.24, 2.45) is 0 Å². The summed E-state index contributed by atoms with van der Waals surface area (Å²) < 4.78 is 13.7. The summed E-state index contributed by atoms with van der Waals surface area (Å²) in [5.41, 5.74) is 13.2. The van der Waals surface area contributed by atoms with Crippen molar-refractivity contribution in [3.63, 3.8) is 0 Å². The van der Waals surface area contributed by atoms with Gasteiger partial charge in [-0.1, -0.05) is 30.3 Å². The Morgan fingerprint density at radius 3 is 2.65 bits per heavy atom. The Morgan fingerprint density at radius 1 is 1.12 bits per heavy atom. The zero-order valence-corrected chi connectivity index (χ0v) is 14.8. The van der Waals surface area contributed by atoms with Crippen LogP contribution in [0.25, 0.3) is 22.9 Å². The number of aryl methyl sites for hydroxylation is 1. The Labute approximate surface area is 152 Å². The Hall–Kier alpha value is -3.14. The quantitative estimate of drug-likeness (QED) is 0.680. The third kappa shape index (κ3) is 2.84. The molecule has 0 fully saturated rings. The summed E-state index contributed by atoms with van der Waals surface area (Å²) in [6.45, 7) is 2.64. The Morgan fingerprint density at radius 2 is 1.88 bits per heavy atom. The lowest BCUT2D eigenvalue weighted by molar-refractivity contribution is 0.631. The number of halogens is 1. The first kappa shape index (κ1) is 16.3. The van der Waals surface area contributed by atoms with Crippen LogP contribution in [-0.4, -0.2) is 18.6 Å². The molecule has 1 aliphatic heterocycles. The molecule has 0 bridgehead atoms. The van der Waals surface area contributed by atoms with Gasteiger partial charge in [0, 0.05) is 36.6 Å². The molecular formula is C22H20FN3. The van der Waals surface area contributed by atoms with Crippen molar-refractivity contribution in [3.05, 3.63) is 77.2 Å². The van der Waals surface area contributed by atoms with Gasteiger partial charge in [0.15, 0.2) is 0 Å². The molecule has 4 heteroatoms. The van der Waals surface area contributed by atoms with Crippen molar-refractivity contribution < 1.29 is 4.39 Å². The fraction of sp³-hybridized carbons (Fsp3) is 0.136. The number of hydrogen-bond donors (Lipinski definition) is 1. The maximum absolute atomic E-state index is 13.7. The van der Waals surface area contributed by atoms with Gasteiger partial charge in [0.1, 0.15) is 5.82 Å². The van der Waals surface area contributed by atoms with Crippen molar-refractivity contribution in [2.75, 3.05) is 24.2 Å². The van der Waals surface area contributed by atoms with Crippen LogP contribution in [0.5, 0.6) is 0 Å². The molecule has 26 heavy (non-hydrogen) atoms. The molecule has 2 aromatic carbocycles. The number of nitrogens with zero attached hydrogens (tertiary/aromatic N) is 2. The number of nitrogen functional groups attached to an aromatic ring is 1. The third-order valence-corrected chi connectivity index (χ3v) is 4.82. The van der Waals surface area contributed by atoms with E-state index in [0.717, 1.165) is 45.8 Å². The van der Waals surface area contributed by atoms with Gasteiger partial charge >= 0.3 is 0 Å². The zero-order chi connectivity index (χ0) is 18.3. The first-order chi connectivity index (χ1) is 12.5. The molecular weight excluding hydrogens is 325 g/mol. The molecule has 0 radical (unpaired) electrons. The third-order valence-electron chi connectivity index (χ3n) is 4.82. The highest BCUT2D eigenvalue weighted by atomic mass is 19.1. The van der Waals surface area contributed by atoms with Gasteiger partial charge in [-0.2, -0.15) is 0 Å². The first-order valence-corrected chi connectivity index (χ1v) is 8.56. The number of anilines is 2. The molecule has 2 heterocycles. The minimum absolute atomic E-state index is 0.178. The van der Waals surface area contributed by atoms with E-state index in [1.165, 1.54) is 6.07 Å². The monoisotopic (exact) mass is 345 g/mol. The summed E-state index contributed by atoms with van der Waals surface area (Å²) in [6.07, 6.45) is 4.02. The first-order valence-electron chi connectivity index (χ1n) is 8.56. The van der Waals surface area contributed by atoms with Gasteiger partial charge in [-0.15, -0.1) is 0 Å². The van der Waals surface area contributed by atoms with E-state index < -0.39 is 0 Å². The standard InChI is InChI=1S/C22H20FN3/c1-14-8-19(23)20(24)10-18(14)17-9-16-12-25-21(11-22(16)26(2)13-17)15-6-4-3-5-7-15/h3-12H,13,24H2,1-2H3. The van der Waals surface area contributed by atoms with Gasteiger partial charge in [0.2, 0.25) is 0 Å². The summed E-state index contributed by atoms with van der Waals surface area (Å²) in [5.74, 6) is -0.370. The minimum Gasteiger partial charge on any atom is -0.396 e. The number of rotatable bonds is 2. The summed E-state index contributed by atoms with van der Waals surface area (Å²) in [6, 6.07) is 15.5. The number of pyridine rings is 1. The average Bonchev–Trinajstić information content (AvgIpc) is 2.65. The second-order valence-corrected chi connectivity index (χ2v) is 6.71. The molecule has 0 spiro atoms. The second kappa shape index (κ2) is 6.30. The van der Waals surface area contributed by atoms with E-state index in [0.29, 0.717) is 0 Å². The highest BCUT2D eigenvalue weighted by Gasteiger charge is 2.19. The number of likely N-dealkylation sites (N-methyl/N-ethyl adjacent to an activating group) is 1. The van der Waals surface area contributed by atoms with Gasteiger partial charge in [0.05, 0.1) is 11.4 Å². The normalized spacial score (nSPS) is 13.3. The molecule has 0 atom stereocenters. The van der Waals surface area contributed by atoms with Crippen LogP contribution in [0.1, 0.15) is 16.7 Å². The maximum atomic E-state index is 13.7. The highest BCUT2D eigenvalue weighted by molar-refractivity contribution is 5.92. The summed E-state index contributed by atoms with van der Waals surface area (Å²) in [4.78, 5) is 6.82. The van der Waals surface area contributed by atoms with Gasteiger partial charge in [-0.25, -0.2) is 4.39 Å². The lowest BCUT2D eigenvalue weighted by Gasteiger charge is -2.29. The molecule has 0 aliphatic carbocycles. The summed E-state index contributed by atoms with van der Waals surface area (Å²) in [7, 11) is 2.06. The van der Waals surface area contributed by atoms with Crippen LogP contribution >= 0.6 is 0 Å². The average molecular weight is 345 g/mol. The lowest BCUT2D eigenvalue weighted by Crippen LogP contribution is -2.24. The molecule has 1 aromatic heterocycles. The van der Waals surface area contributed by atoms with Crippen LogP contribution in [0.15, 0.2) is 54.7 Å². The van der Waals surface area contributed by atoms with Crippen molar-refractivity contribution in [2.45, 2.75) is 6.92 Å². The van der Waals surface area contributed by atoms with Gasteiger partial charge < -0.3 is 10.6 Å². The molecule has 0 saturated carbocycles. The predicted octanol–water partition coefficient (Wildman–Crippen LogP) is 4.77. The molecule has 0 amide bonds. The van der Waals surface area contributed by atoms with Crippen LogP contribution < -0.4 is 10.6 Å². The number of hydrogen-bond acceptors (Lipinski definition) is 3.